The molecule has 0 unspecified atom stereocenters. The van der Waals surface area contributed by atoms with Gasteiger partial charge >= 0.3 is 0 Å². The van der Waals surface area contributed by atoms with Gasteiger partial charge in [-0.05, 0) is 49.4 Å². The van der Waals surface area contributed by atoms with Gasteiger partial charge in [0.2, 0.25) is 0 Å². The number of ether oxygens (including phenoxy) is 1. The summed E-state index contributed by atoms with van der Waals surface area (Å²) in [6.07, 6.45) is 1.05. The minimum absolute atomic E-state index is 0.0259. The first kappa shape index (κ1) is 18.5. The maximum atomic E-state index is 12.1. The van der Waals surface area contributed by atoms with Crippen molar-refractivity contribution in [1.82, 2.24) is 10.9 Å². The smallest absolute Gasteiger partial charge is 0.269 e. The van der Waals surface area contributed by atoms with Gasteiger partial charge in [0, 0.05) is 17.4 Å². The number of hydrazine groups is 1. The summed E-state index contributed by atoms with van der Waals surface area (Å²) in [5, 5.41) is 0. The van der Waals surface area contributed by atoms with Crippen LogP contribution in [0.15, 0.2) is 53.4 Å². The molecule has 0 bridgehead atoms. The monoisotopic (exact) mass is 362 g/mol. The van der Waals surface area contributed by atoms with E-state index in [1.807, 2.05) is 6.92 Å². The van der Waals surface area contributed by atoms with E-state index in [0.29, 0.717) is 17.9 Å². The van der Waals surface area contributed by atoms with Crippen molar-refractivity contribution in [2.24, 2.45) is 0 Å². The average Bonchev–Trinajstić information content (AvgIpc) is 2.59. The van der Waals surface area contributed by atoms with E-state index in [4.69, 9.17) is 4.74 Å². The maximum Gasteiger partial charge on any atom is 0.269 e. The molecule has 0 spiro atoms. The lowest BCUT2D eigenvalue weighted by molar-refractivity contribution is 0.0846. The second-order valence-electron chi connectivity index (χ2n) is 5.17. The van der Waals surface area contributed by atoms with Crippen molar-refractivity contribution in [3.8, 4) is 5.75 Å². The zero-order valence-corrected chi connectivity index (χ0v) is 14.6. The molecule has 0 radical (unpaired) electrons. The van der Waals surface area contributed by atoms with Gasteiger partial charge in [0.1, 0.15) is 5.75 Å². The highest BCUT2D eigenvalue weighted by Gasteiger charge is 2.13. The molecule has 2 aromatic rings. The van der Waals surface area contributed by atoms with Gasteiger partial charge in [-0.3, -0.25) is 20.4 Å². The highest BCUT2D eigenvalue weighted by Crippen LogP contribution is 2.12. The van der Waals surface area contributed by atoms with E-state index < -0.39 is 21.7 Å². The van der Waals surface area contributed by atoms with Crippen molar-refractivity contribution in [3.63, 3.8) is 0 Å². The molecular weight excluding hydrogens is 344 g/mol. The van der Waals surface area contributed by atoms with Crippen LogP contribution < -0.4 is 15.6 Å². The Kier molecular flexibility index (Phi) is 5.76. The number of sulfone groups is 1. The quantitative estimate of drug-likeness (QED) is 0.786. The fourth-order valence-corrected chi connectivity index (χ4v) is 2.66. The standard InChI is InChI=1S/C17H18N2O5S/c1-3-24-14-9-7-12(8-10-14)16(20)18-19-17(21)13-5-4-6-15(11-13)25(2,22)23/h4-11H,3H2,1-2H3,(H,18,20)(H,19,21). The third kappa shape index (κ3) is 5.05. The van der Waals surface area contributed by atoms with Crippen molar-refractivity contribution >= 4 is 21.7 Å². The van der Waals surface area contributed by atoms with E-state index >= 15 is 0 Å². The van der Waals surface area contributed by atoms with Gasteiger partial charge in [-0.2, -0.15) is 0 Å². The third-order valence-corrected chi connectivity index (χ3v) is 4.35. The number of amides is 2. The molecule has 0 saturated heterocycles. The maximum absolute atomic E-state index is 12.1. The normalized spacial score (nSPS) is 10.8. The van der Waals surface area contributed by atoms with E-state index in [-0.39, 0.29) is 10.5 Å². The Morgan fingerprint density at radius 2 is 1.56 bits per heavy atom. The van der Waals surface area contributed by atoms with Crippen LogP contribution in [0.3, 0.4) is 0 Å². The number of nitrogens with one attached hydrogen (secondary N) is 2. The summed E-state index contributed by atoms with van der Waals surface area (Å²) in [5.74, 6) is -0.485. The lowest BCUT2D eigenvalue weighted by Gasteiger charge is -2.09. The molecule has 0 aliphatic rings. The van der Waals surface area contributed by atoms with E-state index in [9.17, 15) is 18.0 Å². The molecule has 25 heavy (non-hydrogen) atoms. The predicted octanol–water partition coefficient (Wildman–Crippen LogP) is 1.56. The number of hydrogen-bond acceptors (Lipinski definition) is 5. The number of benzene rings is 2. The van der Waals surface area contributed by atoms with Gasteiger partial charge in [0.15, 0.2) is 9.84 Å². The second-order valence-corrected chi connectivity index (χ2v) is 7.18. The van der Waals surface area contributed by atoms with Gasteiger partial charge in [0.25, 0.3) is 11.8 Å². The van der Waals surface area contributed by atoms with Gasteiger partial charge in [-0.1, -0.05) is 6.07 Å². The van der Waals surface area contributed by atoms with Crippen molar-refractivity contribution in [3.05, 3.63) is 59.7 Å². The van der Waals surface area contributed by atoms with Crippen LogP contribution in [-0.4, -0.2) is 33.1 Å². The molecule has 0 fully saturated rings. The van der Waals surface area contributed by atoms with Crippen molar-refractivity contribution < 1.29 is 22.7 Å². The van der Waals surface area contributed by atoms with Gasteiger partial charge < -0.3 is 4.74 Å². The first-order valence-corrected chi connectivity index (χ1v) is 9.34. The van der Waals surface area contributed by atoms with Crippen molar-refractivity contribution in [2.45, 2.75) is 11.8 Å². The van der Waals surface area contributed by atoms with Crippen LogP contribution in [-0.2, 0) is 9.84 Å². The first-order chi connectivity index (χ1) is 11.8. The van der Waals surface area contributed by atoms with Crippen LogP contribution in [0.25, 0.3) is 0 Å². The van der Waals surface area contributed by atoms with E-state index in [1.54, 1.807) is 24.3 Å². The summed E-state index contributed by atoms with van der Waals surface area (Å²) in [5.41, 5.74) is 4.99. The van der Waals surface area contributed by atoms with Crippen LogP contribution in [0.4, 0.5) is 0 Å². The van der Waals surface area contributed by atoms with Crippen LogP contribution in [0.2, 0.25) is 0 Å². The zero-order chi connectivity index (χ0) is 18.4. The molecule has 2 aromatic carbocycles. The largest absolute Gasteiger partial charge is 0.494 e. The summed E-state index contributed by atoms with van der Waals surface area (Å²) in [4.78, 5) is 24.1. The molecule has 0 saturated carbocycles. The van der Waals surface area contributed by atoms with Gasteiger partial charge in [-0.15, -0.1) is 0 Å². The van der Waals surface area contributed by atoms with E-state index in [2.05, 4.69) is 10.9 Å². The summed E-state index contributed by atoms with van der Waals surface area (Å²) in [7, 11) is -3.42. The van der Waals surface area contributed by atoms with Crippen LogP contribution >= 0.6 is 0 Å². The molecule has 2 amide bonds. The Morgan fingerprint density at radius 1 is 0.960 bits per heavy atom. The molecule has 7 nitrogen and oxygen atoms in total. The van der Waals surface area contributed by atoms with Crippen LogP contribution in [0.5, 0.6) is 5.75 Å². The van der Waals surface area contributed by atoms with Gasteiger partial charge in [0.05, 0.1) is 11.5 Å². The molecule has 8 heteroatoms. The molecule has 0 aromatic heterocycles. The predicted molar refractivity (Wildman–Crippen MR) is 92.1 cm³/mol. The number of carbonyl (C=O) groups is 2. The Hall–Kier alpha value is -2.87. The van der Waals surface area contributed by atoms with Crippen LogP contribution in [0, 0.1) is 0 Å². The molecule has 2 rings (SSSR count). The SMILES string of the molecule is CCOc1ccc(C(=O)NNC(=O)c2cccc(S(C)(=O)=O)c2)cc1. The molecule has 0 atom stereocenters. The fraction of sp³-hybridized carbons (Fsp3) is 0.176. The molecule has 0 aliphatic heterocycles. The molecular formula is C17H18N2O5S. The van der Waals surface area contributed by atoms with Crippen molar-refractivity contribution in [2.75, 3.05) is 12.9 Å². The Labute approximate surface area is 145 Å². The minimum atomic E-state index is -3.42. The lowest BCUT2D eigenvalue weighted by atomic mass is 10.2. The topological polar surface area (TPSA) is 102 Å². The number of rotatable bonds is 5. The molecule has 132 valence electrons. The first-order valence-electron chi connectivity index (χ1n) is 7.45. The van der Waals surface area contributed by atoms with Crippen LogP contribution in [0.1, 0.15) is 27.6 Å². The summed E-state index contributed by atoms with van der Waals surface area (Å²) in [6.45, 7) is 2.38. The third-order valence-electron chi connectivity index (χ3n) is 3.24. The molecule has 0 heterocycles. The Balaban J connectivity index is 2.01. The minimum Gasteiger partial charge on any atom is -0.494 e. The second kappa shape index (κ2) is 7.80. The Bertz CT molecular complexity index is 876. The van der Waals surface area contributed by atoms with Crippen molar-refractivity contribution in [1.29, 1.82) is 0 Å². The summed E-state index contributed by atoms with van der Waals surface area (Å²) in [6, 6.07) is 12.0. The summed E-state index contributed by atoms with van der Waals surface area (Å²) >= 11 is 0. The fourth-order valence-electron chi connectivity index (χ4n) is 2.00. The molecule has 0 aliphatic carbocycles. The highest BCUT2D eigenvalue weighted by molar-refractivity contribution is 7.90. The zero-order valence-electron chi connectivity index (χ0n) is 13.8. The molecule has 2 N–H and O–H groups in total. The summed E-state index contributed by atoms with van der Waals surface area (Å²) < 4.78 is 28.3. The average molecular weight is 362 g/mol. The number of carbonyl (C=O) groups excluding carboxylic acids is 2. The lowest BCUT2D eigenvalue weighted by Crippen LogP contribution is -2.41. The van der Waals surface area contributed by atoms with Gasteiger partial charge in [-0.25, -0.2) is 8.42 Å². The highest BCUT2D eigenvalue weighted by atomic mass is 32.2. The number of hydrogen-bond donors (Lipinski definition) is 2. The van der Waals surface area contributed by atoms with E-state index in [1.165, 1.54) is 24.3 Å². The van der Waals surface area contributed by atoms with E-state index in [0.717, 1.165) is 6.26 Å². The Morgan fingerprint density at radius 3 is 2.12 bits per heavy atom.